The van der Waals surface area contributed by atoms with Gasteiger partial charge in [-0.05, 0) is 47.8 Å². The summed E-state index contributed by atoms with van der Waals surface area (Å²) in [4.78, 5) is 1.43. The summed E-state index contributed by atoms with van der Waals surface area (Å²) in [6.07, 6.45) is 3.35. The summed E-state index contributed by atoms with van der Waals surface area (Å²) in [6, 6.07) is 2.74. The molecule has 0 spiro atoms. The van der Waals surface area contributed by atoms with Gasteiger partial charge in [-0.2, -0.15) is 0 Å². The molecule has 0 aliphatic rings. The Labute approximate surface area is 111 Å². The Kier molecular flexibility index (Phi) is 7.28. The molecule has 0 aliphatic carbocycles. The van der Waals surface area contributed by atoms with Crippen LogP contribution in [0.4, 0.5) is 0 Å². The monoisotopic (exact) mass is 305 g/mol. The van der Waals surface area contributed by atoms with Crippen LogP contribution in [0.5, 0.6) is 0 Å². The summed E-state index contributed by atoms with van der Waals surface area (Å²) in [5, 5.41) is 5.71. The summed E-state index contributed by atoms with van der Waals surface area (Å²) in [6.45, 7) is 4.11. The average molecular weight is 306 g/mol. The summed E-state index contributed by atoms with van der Waals surface area (Å²) in [7, 11) is 1.76. The number of nitrogens with one attached hydrogen (secondary N) is 1. The van der Waals surface area contributed by atoms with Gasteiger partial charge in [0.25, 0.3) is 0 Å². The molecule has 1 N–H and O–H groups in total. The summed E-state index contributed by atoms with van der Waals surface area (Å²) in [5.41, 5.74) is 0. The van der Waals surface area contributed by atoms with Crippen molar-refractivity contribution in [1.82, 2.24) is 5.32 Å². The van der Waals surface area contributed by atoms with Gasteiger partial charge in [-0.25, -0.2) is 0 Å². The van der Waals surface area contributed by atoms with Crippen LogP contribution in [0.25, 0.3) is 0 Å². The summed E-state index contributed by atoms with van der Waals surface area (Å²) < 4.78 is 6.34. The lowest BCUT2D eigenvalue weighted by Gasteiger charge is -2.17. The van der Waals surface area contributed by atoms with E-state index in [9.17, 15) is 0 Å². The Hall–Kier alpha value is 0.1000. The van der Waals surface area contributed by atoms with E-state index in [0.29, 0.717) is 6.04 Å². The molecule has 0 saturated carbocycles. The molecule has 0 aromatic carbocycles. The smallest absolute Gasteiger partial charge is 0.0477 e. The van der Waals surface area contributed by atoms with Crippen LogP contribution in [0.15, 0.2) is 15.9 Å². The van der Waals surface area contributed by atoms with Crippen LogP contribution < -0.4 is 5.32 Å². The van der Waals surface area contributed by atoms with Gasteiger partial charge in [-0.3, -0.25) is 0 Å². The van der Waals surface area contributed by atoms with Crippen molar-refractivity contribution in [2.75, 3.05) is 20.3 Å². The van der Waals surface area contributed by atoms with E-state index in [1.54, 1.807) is 7.11 Å². The van der Waals surface area contributed by atoms with E-state index in [1.165, 1.54) is 15.8 Å². The quantitative estimate of drug-likeness (QED) is 0.794. The van der Waals surface area contributed by atoms with Gasteiger partial charge in [0.15, 0.2) is 0 Å². The first-order chi connectivity index (χ1) is 7.76. The molecule has 1 rings (SSSR count). The molecule has 92 valence electrons. The lowest BCUT2D eigenvalue weighted by molar-refractivity contribution is 0.182. The minimum atomic E-state index is 0.533. The predicted octanol–water partition coefficient (Wildman–Crippen LogP) is 3.46. The standard InChI is InChI=1S/C12H20BrNOS/c1-3-5-14-11(4-6-15-2)8-12-7-10(13)9-16-12/h7,9,11,14H,3-6,8H2,1-2H3. The highest BCUT2D eigenvalue weighted by atomic mass is 79.9. The van der Waals surface area contributed by atoms with Crippen LogP contribution in [0.1, 0.15) is 24.6 Å². The van der Waals surface area contributed by atoms with Crippen molar-refractivity contribution in [3.8, 4) is 0 Å². The number of halogens is 1. The van der Waals surface area contributed by atoms with Gasteiger partial charge >= 0.3 is 0 Å². The first-order valence-corrected chi connectivity index (χ1v) is 7.38. The molecule has 0 fully saturated rings. The normalized spacial score (nSPS) is 12.9. The number of hydrogen-bond acceptors (Lipinski definition) is 3. The SMILES string of the molecule is CCCNC(CCOC)Cc1cc(Br)cs1. The Bertz CT molecular complexity index is 282. The molecule has 0 saturated heterocycles. The van der Waals surface area contributed by atoms with Crippen LogP contribution in [0.2, 0.25) is 0 Å². The average Bonchev–Trinajstić information content (AvgIpc) is 2.68. The molecular weight excluding hydrogens is 286 g/mol. The van der Waals surface area contributed by atoms with Crippen molar-refractivity contribution in [3.63, 3.8) is 0 Å². The van der Waals surface area contributed by atoms with E-state index >= 15 is 0 Å². The molecular formula is C12H20BrNOS. The fraction of sp³-hybridized carbons (Fsp3) is 0.667. The lowest BCUT2D eigenvalue weighted by Crippen LogP contribution is -2.32. The van der Waals surface area contributed by atoms with Crippen LogP contribution in [-0.4, -0.2) is 26.3 Å². The zero-order valence-corrected chi connectivity index (χ0v) is 12.4. The molecule has 0 radical (unpaired) electrons. The van der Waals surface area contributed by atoms with Crippen molar-refractivity contribution in [3.05, 3.63) is 20.8 Å². The van der Waals surface area contributed by atoms with Crippen molar-refractivity contribution in [2.45, 2.75) is 32.2 Å². The minimum Gasteiger partial charge on any atom is -0.385 e. The maximum atomic E-state index is 5.15. The molecule has 1 aromatic heterocycles. The predicted molar refractivity (Wildman–Crippen MR) is 74.3 cm³/mol. The number of ether oxygens (including phenoxy) is 1. The molecule has 1 heterocycles. The van der Waals surface area contributed by atoms with Crippen LogP contribution in [-0.2, 0) is 11.2 Å². The maximum Gasteiger partial charge on any atom is 0.0477 e. The van der Waals surface area contributed by atoms with E-state index in [2.05, 4.69) is 39.6 Å². The number of methoxy groups -OCH3 is 1. The van der Waals surface area contributed by atoms with Crippen LogP contribution in [0.3, 0.4) is 0 Å². The van der Waals surface area contributed by atoms with Gasteiger partial charge in [0.1, 0.15) is 0 Å². The minimum absolute atomic E-state index is 0.533. The highest BCUT2D eigenvalue weighted by molar-refractivity contribution is 9.10. The van der Waals surface area contributed by atoms with E-state index < -0.39 is 0 Å². The third-order valence-electron chi connectivity index (χ3n) is 2.42. The zero-order valence-electron chi connectivity index (χ0n) is 9.96. The zero-order chi connectivity index (χ0) is 11.8. The Balaban J connectivity index is 2.41. The topological polar surface area (TPSA) is 21.3 Å². The second-order valence-corrected chi connectivity index (χ2v) is 5.78. The van der Waals surface area contributed by atoms with E-state index in [0.717, 1.165) is 26.0 Å². The highest BCUT2D eigenvalue weighted by Gasteiger charge is 2.09. The molecule has 2 nitrogen and oxygen atoms in total. The van der Waals surface area contributed by atoms with Gasteiger partial charge in [-0.1, -0.05) is 6.92 Å². The summed E-state index contributed by atoms with van der Waals surface area (Å²) >= 11 is 5.31. The van der Waals surface area contributed by atoms with Crippen molar-refractivity contribution in [1.29, 1.82) is 0 Å². The van der Waals surface area contributed by atoms with Crippen molar-refractivity contribution >= 4 is 27.3 Å². The molecule has 1 atom stereocenters. The largest absolute Gasteiger partial charge is 0.385 e. The fourth-order valence-electron chi connectivity index (χ4n) is 1.59. The van der Waals surface area contributed by atoms with Crippen LogP contribution >= 0.6 is 27.3 Å². The fourth-order valence-corrected chi connectivity index (χ4v) is 3.12. The van der Waals surface area contributed by atoms with Gasteiger partial charge in [0.2, 0.25) is 0 Å². The number of hydrogen-bond donors (Lipinski definition) is 1. The van der Waals surface area contributed by atoms with Crippen molar-refractivity contribution in [2.24, 2.45) is 0 Å². The Morgan fingerprint density at radius 1 is 1.56 bits per heavy atom. The van der Waals surface area contributed by atoms with Gasteiger partial charge < -0.3 is 10.1 Å². The summed E-state index contributed by atoms with van der Waals surface area (Å²) in [5.74, 6) is 0. The number of thiophene rings is 1. The highest BCUT2D eigenvalue weighted by Crippen LogP contribution is 2.21. The Morgan fingerprint density at radius 3 is 2.94 bits per heavy atom. The second-order valence-electron chi connectivity index (χ2n) is 3.87. The third-order valence-corrected chi connectivity index (χ3v) is 4.14. The molecule has 0 amide bonds. The Morgan fingerprint density at radius 2 is 2.38 bits per heavy atom. The molecule has 1 aromatic rings. The van der Waals surface area contributed by atoms with E-state index in [1.807, 2.05) is 11.3 Å². The van der Waals surface area contributed by atoms with E-state index in [4.69, 9.17) is 4.74 Å². The van der Waals surface area contributed by atoms with Gasteiger partial charge in [0, 0.05) is 34.5 Å². The number of rotatable bonds is 8. The van der Waals surface area contributed by atoms with Gasteiger partial charge in [-0.15, -0.1) is 11.3 Å². The molecule has 1 unspecified atom stereocenters. The lowest BCUT2D eigenvalue weighted by atomic mass is 10.1. The van der Waals surface area contributed by atoms with Crippen molar-refractivity contribution < 1.29 is 4.74 Å². The molecule has 16 heavy (non-hydrogen) atoms. The second kappa shape index (κ2) is 8.23. The van der Waals surface area contributed by atoms with Crippen LogP contribution in [0, 0.1) is 0 Å². The molecule has 0 bridgehead atoms. The first-order valence-electron chi connectivity index (χ1n) is 5.71. The molecule has 0 aliphatic heterocycles. The van der Waals surface area contributed by atoms with E-state index in [-0.39, 0.29) is 0 Å². The maximum absolute atomic E-state index is 5.15. The molecule has 4 heteroatoms. The van der Waals surface area contributed by atoms with Gasteiger partial charge in [0.05, 0.1) is 0 Å². The first kappa shape index (κ1) is 14.2. The third kappa shape index (κ3) is 5.43.